The highest BCUT2D eigenvalue weighted by Crippen LogP contribution is 2.15. The summed E-state index contributed by atoms with van der Waals surface area (Å²) in [5, 5.41) is 3.37. The number of hydrogen-bond acceptors (Lipinski definition) is 4. The van der Waals surface area contributed by atoms with Crippen LogP contribution in [0.15, 0.2) is 23.3 Å². The Kier molecular flexibility index (Phi) is 6.45. The van der Waals surface area contributed by atoms with Crippen LogP contribution < -0.4 is 10.1 Å². The molecular weight excluding hydrogens is 280 g/mol. The third-order valence-corrected chi connectivity index (χ3v) is 3.70. The topological polar surface area (TPSA) is 59.0 Å². The van der Waals surface area contributed by atoms with Crippen molar-refractivity contribution in [3.8, 4) is 5.88 Å². The number of pyridine rings is 1. The Labute approximate surface area is 132 Å². The summed E-state index contributed by atoms with van der Waals surface area (Å²) in [5.74, 6) is 2.14. The maximum absolute atomic E-state index is 5.55. The van der Waals surface area contributed by atoms with Crippen molar-refractivity contribution in [2.75, 3.05) is 40.5 Å². The number of hydrogen-bond donors (Lipinski definition) is 1. The van der Waals surface area contributed by atoms with Gasteiger partial charge in [-0.25, -0.2) is 4.98 Å². The lowest BCUT2D eigenvalue weighted by Gasteiger charge is -2.24. The number of ether oxygens (including phenoxy) is 2. The average molecular weight is 306 g/mol. The van der Waals surface area contributed by atoms with E-state index in [2.05, 4.69) is 27.2 Å². The highest BCUT2D eigenvalue weighted by atomic mass is 16.5. The molecule has 1 unspecified atom stereocenters. The summed E-state index contributed by atoms with van der Waals surface area (Å²) in [7, 11) is 3.86. The van der Waals surface area contributed by atoms with E-state index in [1.165, 1.54) is 0 Å². The minimum atomic E-state index is 0.584. The zero-order chi connectivity index (χ0) is 15.8. The molecule has 1 fully saturated rings. The molecule has 1 aliphatic heterocycles. The molecule has 0 saturated carbocycles. The number of aromatic nitrogens is 1. The lowest BCUT2D eigenvalue weighted by atomic mass is 10.1. The first kappa shape index (κ1) is 16.5. The van der Waals surface area contributed by atoms with Crippen LogP contribution in [-0.4, -0.2) is 56.3 Å². The Morgan fingerprint density at radius 1 is 1.59 bits per heavy atom. The van der Waals surface area contributed by atoms with Gasteiger partial charge < -0.3 is 19.7 Å². The summed E-state index contributed by atoms with van der Waals surface area (Å²) in [6.45, 7) is 5.88. The highest BCUT2D eigenvalue weighted by Gasteiger charge is 2.19. The number of rotatable bonds is 6. The van der Waals surface area contributed by atoms with E-state index in [0.717, 1.165) is 37.7 Å². The summed E-state index contributed by atoms with van der Waals surface area (Å²) in [6, 6.07) is 3.94. The van der Waals surface area contributed by atoms with Gasteiger partial charge in [0.25, 0.3) is 0 Å². The van der Waals surface area contributed by atoms with Crippen LogP contribution in [0.4, 0.5) is 0 Å². The van der Waals surface area contributed by atoms with Gasteiger partial charge in [0.05, 0.1) is 13.2 Å². The Morgan fingerprint density at radius 3 is 3.14 bits per heavy atom. The van der Waals surface area contributed by atoms with Crippen LogP contribution in [0.3, 0.4) is 0 Å². The van der Waals surface area contributed by atoms with Gasteiger partial charge in [-0.15, -0.1) is 0 Å². The van der Waals surface area contributed by atoms with Crippen LogP contribution in [0.1, 0.15) is 18.9 Å². The minimum Gasteiger partial charge on any atom is -0.478 e. The van der Waals surface area contributed by atoms with E-state index in [4.69, 9.17) is 9.47 Å². The van der Waals surface area contributed by atoms with Gasteiger partial charge in [0.2, 0.25) is 5.88 Å². The van der Waals surface area contributed by atoms with Gasteiger partial charge in [-0.3, -0.25) is 4.99 Å². The molecule has 6 heteroatoms. The number of nitrogens with zero attached hydrogens (tertiary/aromatic N) is 3. The molecule has 122 valence electrons. The lowest BCUT2D eigenvalue weighted by Crippen LogP contribution is -2.41. The summed E-state index contributed by atoms with van der Waals surface area (Å²) in [4.78, 5) is 10.8. The molecular formula is C16H26N4O2. The van der Waals surface area contributed by atoms with Gasteiger partial charge in [0.1, 0.15) is 0 Å². The molecule has 6 nitrogen and oxygen atoms in total. The van der Waals surface area contributed by atoms with Crippen LogP contribution in [0.2, 0.25) is 0 Å². The van der Waals surface area contributed by atoms with Gasteiger partial charge in [0, 0.05) is 51.5 Å². The van der Waals surface area contributed by atoms with Crippen LogP contribution >= 0.6 is 0 Å². The fraction of sp³-hybridized carbons (Fsp3) is 0.625. The SMILES string of the molecule is CCOc1ncccc1CNC(=NC)N(C)CC1CCOC1. The lowest BCUT2D eigenvalue weighted by molar-refractivity contribution is 0.181. The van der Waals surface area contributed by atoms with Gasteiger partial charge in [-0.2, -0.15) is 0 Å². The molecule has 0 spiro atoms. The summed E-state index contributed by atoms with van der Waals surface area (Å²) in [6.07, 6.45) is 2.87. The van der Waals surface area contributed by atoms with E-state index in [1.54, 1.807) is 13.2 Å². The molecule has 0 bridgehead atoms. The molecule has 1 aromatic heterocycles. The van der Waals surface area contributed by atoms with Crippen LogP contribution in [0.25, 0.3) is 0 Å². The first-order valence-electron chi connectivity index (χ1n) is 7.80. The molecule has 0 amide bonds. The molecule has 2 rings (SSSR count). The number of nitrogens with one attached hydrogen (secondary N) is 1. The number of aliphatic imine (C=N–C) groups is 1. The smallest absolute Gasteiger partial charge is 0.218 e. The standard InChI is InChI=1S/C16H26N4O2/c1-4-22-15-14(6-5-8-18-15)10-19-16(17-2)20(3)11-13-7-9-21-12-13/h5-6,8,13H,4,7,9-12H2,1-3H3,(H,17,19). The first-order valence-corrected chi connectivity index (χ1v) is 7.80. The second-order valence-corrected chi connectivity index (χ2v) is 5.41. The highest BCUT2D eigenvalue weighted by molar-refractivity contribution is 5.79. The maximum Gasteiger partial charge on any atom is 0.218 e. The Hall–Kier alpha value is -1.82. The Morgan fingerprint density at radius 2 is 2.45 bits per heavy atom. The molecule has 1 atom stereocenters. The molecule has 1 aliphatic rings. The van der Waals surface area contributed by atoms with Crippen molar-refractivity contribution in [2.45, 2.75) is 19.9 Å². The van der Waals surface area contributed by atoms with E-state index in [1.807, 2.05) is 19.1 Å². The summed E-state index contributed by atoms with van der Waals surface area (Å²) < 4.78 is 11.0. The third-order valence-electron chi connectivity index (χ3n) is 3.70. The van der Waals surface area contributed by atoms with E-state index in [9.17, 15) is 0 Å². The quantitative estimate of drug-likeness (QED) is 0.638. The monoisotopic (exact) mass is 306 g/mol. The molecule has 1 saturated heterocycles. The predicted molar refractivity (Wildman–Crippen MR) is 87.2 cm³/mol. The van der Waals surface area contributed by atoms with Crippen molar-refractivity contribution >= 4 is 5.96 Å². The molecule has 22 heavy (non-hydrogen) atoms. The van der Waals surface area contributed by atoms with Crippen LogP contribution in [0.5, 0.6) is 5.88 Å². The maximum atomic E-state index is 5.55. The van der Waals surface area contributed by atoms with Crippen molar-refractivity contribution in [1.82, 2.24) is 15.2 Å². The van der Waals surface area contributed by atoms with Crippen LogP contribution in [0, 0.1) is 5.92 Å². The first-order chi connectivity index (χ1) is 10.7. The fourth-order valence-corrected chi connectivity index (χ4v) is 2.59. The molecule has 1 N–H and O–H groups in total. The fourth-order valence-electron chi connectivity index (χ4n) is 2.59. The van der Waals surface area contributed by atoms with Gasteiger partial charge in [-0.1, -0.05) is 6.07 Å². The molecule has 0 aliphatic carbocycles. The van der Waals surface area contributed by atoms with E-state index < -0.39 is 0 Å². The number of guanidine groups is 1. The summed E-state index contributed by atoms with van der Waals surface area (Å²) in [5.41, 5.74) is 1.03. The summed E-state index contributed by atoms with van der Waals surface area (Å²) >= 11 is 0. The second-order valence-electron chi connectivity index (χ2n) is 5.41. The molecule has 0 radical (unpaired) electrons. The predicted octanol–water partition coefficient (Wildman–Crippen LogP) is 1.52. The third kappa shape index (κ3) is 4.59. The molecule has 0 aromatic carbocycles. The van der Waals surface area contributed by atoms with Crippen molar-refractivity contribution in [1.29, 1.82) is 0 Å². The van der Waals surface area contributed by atoms with Crippen molar-refractivity contribution in [3.63, 3.8) is 0 Å². The van der Waals surface area contributed by atoms with Gasteiger partial charge in [-0.05, 0) is 19.4 Å². The normalized spacial score (nSPS) is 18.3. The zero-order valence-corrected chi connectivity index (χ0v) is 13.7. The van der Waals surface area contributed by atoms with Crippen molar-refractivity contribution in [3.05, 3.63) is 23.9 Å². The van der Waals surface area contributed by atoms with Gasteiger partial charge >= 0.3 is 0 Å². The van der Waals surface area contributed by atoms with Gasteiger partial charge in [0.15, 0.2) is 5.96 Å². The molecule has 2 heterocycles. The van der Waals surface area contributed by atoms with Crippen molar-refractivity contribution < 1.29 is 9.47 Å². The second kappa shape index (κ2) is 8.58. The minimum absolute atomic E-state index is 0.584. The Balaban J connectivity index is 1.90. The van der Waals surface area contributed by atoms with E-state index in [-0.39, 0.29) is 0 Å². The van der Waals surface area contributed by atoms with E-state index >= 15 is 0 Å². The average Bonchev–Trinajstić information content (AvgIpc) is 3.02. The zero-order valence-electron chi connectivity index (χ0n) is 13.7. The van der Waals surface area contributed by atoms with Crippen LogP contribution in [-0.2, 0) is 11.3 Å². The molecule has 1 aromatic rings. The Bertz CT molecular complexity index is 487. The van der Waals surface area contributed by atoms with Crippen molar-refractivity contribution in [2.24, 2.45) is 10.9 Å². The van der Waals surface area contributed by atoms with E-state index in [0.29, 0.717) is 24.9 Å². The largest absolute Gasteiger partial charge is 0.478 e.